The second-order valence-electron chi connectivity index (χ2n) is 19.1. The molecule has 0 aliphatic heterocycles. The number of aliphatic carboxylic acids is 4. The van der Waals surface area contributed by atoms with E-state index in [2.05, 4.69) is 37.2 Å². The smallest absolute Gasteiger partial charge is 0.326 e. The first kappa shape index (κ1) is 66.1. The minimum atomic E-state index is -2.12. The number of carboxylic acid groups (broad SMARTS) is 4. The van der Waals surface area contributed by atoms with Crippen LogP contribution in [-0.4, -0.2) is 168 Å². The van der Waals surface area contributed by atoms with Gasteiger partial charge in [0.05, 0.1) is 18.9 Å². The van der Waals surface area contributed by atoms with Gasteiger partial charge in [0.25, 0.3) is 0 Å². The predicted octanol–water partition coefficient (Wildman–Crippen LogP) is -3.96. The van der Waals surface area contributed by atoms with Crippen molar-refractivity contribution in [1.29, 1.82) is 0 Å². The van der Waals surface area contributed by atoms with Crippen LogP contribution in [0.3, 0.4) is 0 Å². The first-order chi connectivity index (χ1) is 35.2. The number of nitrogens with two attached hydrogens (primary N) is 2. The monoisotopic (exact) mass is 1080 g/mol. The number of hydrogen-bond donors (Lipinski definition) is 16. The fraction of sp³-hybridized carbons (Fsp3) is 0.596. The van der Waals surface area contributed by atoms with Gasteiger partial charge in [0, 0.05) is 19.3 Å². The van der Waals surface area contributed by atoms with Gasteiger partial charge in [-0.2, -0.15) is 0 Å². The largest absolute Gasteiger partial charge is 0.508 e. The van der Waals surface area contributed by atoms with E-state index in [1.165, 1.54) is 52.0 Å². The van der Waals surface area contributed by atoms with Crippen molar-refractivity contribution in [2.45, 2.75) is 160 Å². The normalized spacial score (nSPS) is 15.1. The van der Waals surface area contributed by atoms with Gasteiger partial charge < -0.3 is 84.6 Å². The maximum Gasteiger partial charge on any atom is 0.326 e. The van der Waals surface area contributed by atoms with E-state index in [9.17, 15) is 93.0 Å². The van der Waals surface area contributed by atoms with Crippen molar-refractivity contribution in [2.75, 3.05) is 0 Å². The molecular weight excluding hydrogens is 1010 g/mol. The molecule has 18 N–H and O–H groups in total. The van der Waals surface area contributed by atoms with Gasteiger partial charge in [-0.1, -0.05) is 53.7 Å². The third-order valence-electron chi connectivity index (χ3n) is 11.3. The summed E-state index contributed by atoms with van der Waals surface area (Å²) in [6.07, 6.45) is -6.45. The van der Waals surface area contributed by atoms with Gasteiger partial charge in [-0.25, -0.2) is 4.79 Å². The van der Waals surface area contributed by atoms with Crippen LogP contribution < -0.4 is 54.0 Å². The van der Waals surface area contributed by atoms with E-state index in [-0.39, 0.29) is 23.7 Å². The second-order valence-corrected chi connectivity index (χ2v) is 19.1. The molecule has 1 aromatic carbocycles. The number of hydrogen-bond acceptors (Lipinski definition) is 16. The Morgan fingerprint density at radius 2 is 0.855 bits per heavy atom. The summed E-state index contributed by atoms with van der Waals surface area (Å²) in [5, 5.41) is 76.3. The number of aliphatic hydroxyl groups excluding tert-OH is 1. The summed E-state index contributed by atoms with van der Waals surface area (Å²) >= 11 is 0. The molecule has 9 amide bonds. The fourth-order valence-electron chi connectivity index (χ4n) is 7.03. The van der Waals surface area contributed by atoms with Gasteiger partial charge in [0.15, 0.2) is 0 Å². The number of phenolic OH excluding ortho intramolecular Hbond substituents is 1. The zero-order valence-corrected chi connectivity index (χ0v) is 43.1. The number of carboxylic acids is 4. The van der Waals surface area contributed by atoms with Crippen LogP contribution in [0.2, 0.25) is 0 Å². The quantitative estimate of drug-likeness (QED) is 0.0313. The number of amides is 9. The van der Waals surface area contributed by atoms with Crippen LogP contribution >= 0.6 is 0 Å². The average molecular weight is 1080 g/mol. The summed E-state index contributed by atoms with van der Waals surface area (Å²) in [4.78, 5) is 168. The van der Waals surface area contributed by atoms with Crippen LogP contribution in [0, 0.1) is 17.8 Å². The van der Waals surface area contributed by atoms with Crippen molar-refractivity contribution in [3.05, 3.63) is 29.8 Å². The maximum absolute atomic E-state index is 14.3. The van der Waals surface area contributed by atoms with Crippen molar-refractivity contribution in [3.63, 3.8) is 0 Å². The number of benzene rings is 1. The van der Waals surface area contributed by atoms with Crippen molar-refractivity contribution in [2.24, 2.45) is 29.2 Å². The molecule has 0 radical (unpaired) electrons. The van der Waals surface area contributed by atoms with Crippen LogP contribution in [0.15, 0.2) is 24.3 Å². The number of phenols is 1. The Kier molecular flexibility index (Phi) is 27.6. The molecule has 76 heavy (non-hydrogen) atoms. The van der Waals surface area contributed by atoms with Crippen molar-refractivity contribution in [1.82, 2.24) is 42.5 Å². The molecule has 0 aliphatic carbocycles. The highest BCUT2D eigenvalue weighted by Gasteiger charge is 2.37. The van der Waals surface area contributed by atoms with Crippen LogP contribution in [-0.2, 0) is 68.7 Å². The Morgan fingerprint density at radius 1 is 0.474 bits per heavy atom. The van der Waals surface area contributed by atoms with Gasteiger partial charge in [-0.3, -0.25) is 57.5 Å². The van der Waals surface area contributed by atoms with Gasteiger partial charge >= 0.3 is 23.9 Å². The Bertz CT molecular complexity index is 2260. The fourth-order valence-corrected chi connectivity index (χ4v) is 7.03. The molecule has 0 unspecified atom stereocenters. The van der Waals surface area contributed by atoms with E-state index in [1.54, 1.807) is 13.8 Å². The molecule has 10 atom stereocenters. The Morgan fingerprint density at radius 3 is 1.28 bits per heavy atom. The van der Waals surface area contributed by atoms with E-state index in [0.29, 0.717) is 0 Å². The van der Waals surface area contributed by atoms with Gasteiger partial charge in [-0.05, 0) is 61.6 Å². The van der Waals surface area contributed by atoms with Gasteiger partial charge in [-0.15, -0.1) is 0 Å². The van der Waals surface area contributed by atoms with Gasteiger partial charge in [0.1, 0.15) is 60.1 Å². The molecule has 1 aromatic rings. The second kappa shape index (κ2) is 31.7. The molecule has 0 aromatic heterocycles. The molecule has 0 heterocycles. The highest BCUT2D eigenvalue weighted by Crippen LogP contribution is 2.15. The third-order valence-corrected chi connectivity index (χ3v) is 11.3. The lowest BCUT2D eigenvalue weighted by molar-refractivity contribution is -0.144. The highest BCUT2D eigenvalue weighted by atomic mass is 16.4. The zero-order valence-electron chi connectivity index (χ0n) is 43.1. The lowest BCUT2D eigenvalue weighted by Gasteiger charge is -2.29. The van der Waals surface area contributed by atoms with Crippen molar-refractivity contribution >= 4 is 77.0 Å². The third kappa shape index (κ3) is 23.9. The average Bonchev–Trinajstić information content (AvgIpc) is 3.30. The van der Waals surface area contributed by atoms with E-state index in [4.69, 9.17) is 11.5 Å². The lowest BCUT2D eigenvalue weighted by Crippen LogP contribution is -2.61. The molecular formula is C47H72N10O19. The van der Waals surface area contributed by atoms with Crippen molar-refractivity contribution < 1.29 is 93.0 Å². The SMILES string of the molecule is CC(C)C[C@H](NC(=O)[C@@H](NC(=O)[C@H](Cc1ccc(O)cc1)NC(=O)[C@H](CC(=O)O)NC(=O)[C@H](CC(=O)O)NC(=O)[C@H](CCC(N)=O)NC(=O)[C@@H](N)[C@@H](C)O)C(C)C)C(=O)N[C@@H](CCC(=O)O)C(=O)N[C@H](C(=O)O)C(C)C. The summed E-state index contributed by atoms with van der Waals surface area (Å²) in [5.41, 5.74) is 11.1. The molecule has 0 spiro atoms. The minimum Gasteiger partial charge on any atom is -0.508 e. The number of aromatic hydroxyl groups is 1. The molecule has 0 saturated carbocycles. The predicted molar refractivity (Wildman–Crippen MR) is 263 cm³/mol. The van der Waals surface area contributed by atoms with Crippen LogP contribution in [0.1, 0.15) is 99.0 Å². The molecule has 0 aliphatic rings. The summed E-state index contributed by atoms with van der Waals surface area (Å²) in [6.45, 7) is 10.5. The molecule has 0 bridgehead atoms. The van der Waals surface area contributed by atoms with E-state index in [0.717, 1.165) is 6.92 Å². The topological polar surface area (TPSA) is 492 Å². The van der Waals surface area contributed by atoms with E-state index >= 15 is 0 Å². The maximum atomic E-state index is 14.3. The molecule has 29 heteroatoms. The van der Waals surface area contributed by atoms with Crippen LogP contribution in [0.5, 0.6) is 5.75 Å². The van der Waals surface area contributed by atoms with Crippen LogP contribution in [0.4, 0.5) is 0 Å². The van der Waals surface area contributed by atoms with E-state index in [1.807, 2.05) is 5.32 Å². The number of aliphatic hydroxyl groups is 1. The summed E-state index contributed by atoms with van der Waals surface area (Å²) in [7, 11) is 0. The lowest BCUT2D eigenvalue weighted by atomic mass is 9.98. The summed E-state index contributed by atoms with van der Waals surface area (Å²) in [6, 6.07) is -10.0. The first-order valence-corrected chi connectivity index (χ1v) is 24.0. The number of primary amides is 1. The molecule has 424 valence electrons. The molecule has 29 nitrogen and oxygen atoms in total. The van der Waals surface area contributed by atoms with Gasteiger partial charge in [0.2, 0.25) is 53.2 Å². The number of nitrogens with one attached hydrogen (secondary N) is 8. The number of carbonyl (C=O) groups is 13. The molecule has 0 saturated heterocycles. The van der Waals surface area contributed by atoms with Crippen molar-refractivity contribution in [3.8, 4) is 5.75 Å². The Hall–Kier alpha value is -7.95. The Labute approximate surface area is 436 Å². The summed E-state index contributed by atoms with van der Waals surface area (Å²) in [5.74, 6) is -18.2. The minimum absolute atomic E-state index is 0.0777. The molecule has 1 rings (SSSR count). The highest BCUT2D eigenvalue weighted by molar-refractivity contribution is 6.00. The van der Waals surface area contributed by atoms with E-state index < -0.39 is 194 Å². The Balaban J connectivity index is 3.63. The number of carbonyl (C=O) groups excluding carboxylic acids is 9. The zero-order chi connectivity index (χ0) is 58.3. The number of rotatable bonds is 34. The standard InChI is InChI=1S/C47H72N10O19/c1-20(2)16-28(41(69)50-27(13-15-33(61)62)40(68)57-38(22(5)6)47(75)76)55-46(74)37(21(3)4)56-44(72)29(17-24-8-10-25(59)11-9-24)52-42(70)31(19-35(65)66)54-43(71)30(18-34(63)64)53-39(67)26(12-14-32(48)60)51-45(73)36(49)23(7)58/h8-11,20-23,26-31,36-38,58-59H,12-19,49H2,1-7H3,(H2,48,60)(H,50,69)(H,51,73)(H,52,70)(H,53,67)(H,54,71)(H,55,74)(H,56,72)(H,57,68)(H,61,62)(H,63,64)(H,65,66)(H,75,76)/t23-,26+,27+,28+,29+,30+,31+,36+,37+,38+/m1/s1. The van der Waals surface area contributed by atoms with Crippen LogP contribution in [0.25, 0.3) is 0 Å². The first-order valence-electron chi connectivity index (χ1n) is 24.0. The summed E-state index contributed by atoms with van der Waals surface area (Å²) < 4.78 is 0. The molecule has 0 fully saturated rings.